The Labute approximate surface area is 75.3 Å². The van der Waals surface area contributed by atoms with Gasteiger partial charge in [-0.15, -0.1) is 10.2 Å². The summed E-state index contributed by atoms with van der Waals surface area (Å²) in [6.07, 6.45) is 2.67. The maximum Gasteiger partial charge on any atom is 0.161 e. The van der Waals surface area contributed by atoms with Crippen molar-refractivity contribution in [3.63, 3.8) is 0 Å². The van der Waals surface area contributed by atoms with Crippen LogP contribution >= 0.6 is 0 Å². The van der Waals surface area contributed by atoms with E-state index in [0.29, 0.717) is 0 Å². The minimum atomic E-state index is 0.951. The molecule has 13 heavy (non-hydrogen) atoms. The summed E-state index contributed by atoms with van der Waals surface area (Å²) in [5.74, 6) is 0. The molecule has 1 aromatic heterocycles. The molecular weight excluding hydrogens is 166 g/mol. The number of H-pyrrole nitrogens is 1. The van der Waals surface area contributed by atoms with E-state index in [9.17, 15) is 0 Å². The number of tetrazole rings is 1. The van der Waals surface area contributed by atoms with Crippen LogP contribution in [0.2, 0.25) is 0 Å². The van der Waals surface area contributed by atoms with Gasteiger partial charge in [-0.3, -0.25) is 0 Å². The highest BCUT2D eigenvalue weighted by Gasteiger charge is 1.77. The summed E-state index contributed by atoms with van der Waals surface area (Å²) in [6, 6.07) is 9.56. The Morgan fingerprint density at radius 2 is 2.00 bits per heavy atom. The molecule has 0 amide bonds. The third-order valence-electron chi connectivity index (χ3n) is 1.24. The fourth-order valence-corrected chi connectivity index (χ4v) is 0.678. The van der Waals surface area contributed by atoms with Gasteiger partial charge in [-0.1, -0.05) is 35.5 Å². The molecule has 0 bridgehead atoms. The van der Waals surface area contributed by atoms with Crippen LogP contribution in [-0.4, -0.2) is 26.8 Å². The molecule has 66 valence electrons. The lowest BCUT2D eigenvalue weighted by atomic mass is 10.2. The summed E-state index contributed by atoms with van der Waals surface area (Å²) >= 11 is 0. The molecule has 0 aliphatic carbocycles. The Kier molecular flexibility index (Phi) is 3.89. The van der Waals surface area contributed by atoms with Crippen LogP contribution in [0.1, 0.15) is 5.56 Å². The summed E-state index contributed by atoms with van der Waals surface area (Å²) in [7, 11) is 0. The van der Waals surface area contributed by atoms with Crippen molar-refractivity contribution in [1.29, 1.82) is 5.41 Å². The minimum Gasteiger partial charge on any atom is -0.308 e. The van der Waals surface area contributed by atoms with Crippen molar-refractivity contribution < 1.29 is 0 Å². The summed E-state index contributed by atoms with van der Waals surface area (Å²) in [4.78, 5) is 0. The first kappa shape index (κ1) is 9.05. The van der Waals surface area contributed by atoms with Crippen LogP contribution in [-0.2, 0) is 0 Å². The van der Waals surface area contributed by atoms with E-state index in [-0.39, 0.29) is 0 Å². The van der Waals surface area contributed by atoms with Gasteiger partial charge in [-0.05, 0) is 5.56 Å². The Hall–Kier alpha value is -2.04. The van der Waals surface area contributed by atoms with Gasteiger partial charge in [0.2, 0.25) is 0 Å². The average molecular weight is 175 g/mol. The van der Waals surface area contributed by atoms with Gasteiger partial charge in [0, 0.05) is 6.21 Å². The highest BCUT2D eigenvalue weighted by Crippen LogP contribution is 1.91. The van der Waals surface area contributed by atoms with E-state index in [4.69, 9.17) is 5.41 Å². The van der Waals surface area contributed by atoms with Crippen molar-refractivity contribution in [3.05, 3.63) is 42.2 Å². The van der Waals surface area contributed by atoms with Gasteiger partial charge in [0.25, 0.3) is 0 Å². The van der Waals surface area contributed by atoms with E-state index >= 15 is 0 Å². The third kappa shape index (κ3) is 3.76. The number of aromatic nitrogens is 4. The van der Waals surface area contributed by atoms with Crippen LogP contribution in [0.3, 0.4) is 0 Å². The molecule has 1 heterocycles. The van der Waals surface area contributed by atoms with Crippen molar-refractivity contribution in [2.24, 2.45) is 0 Å². The molecule has 5 heteroatoms. The van der Waals surface area contributed by atoms with Crippen molar-refractivity contribution in [3.8, 4) is 0 Å². The minimum absolute atomic E-state index is 0.951. The zero-order chi connectivity index (χ0) is 9.36. The van der Waals surface area contributed by atoms with Crippen molar-refractivity contribution in [2.75, 3.05) is 0 Å². The van der Waals surface area contributed by atoms with Gasteiger partial charge < -0.3 is 5.41 Å². The zero-order valence-electron chi connectivity index (χ0n) is 6.88. The highest BCUT2D eigenvalue weighted by molar-refractivity contribution is 5.76. The lowest BCUT2D eigenvalue weighted by Gasteiger charge is -1.84. The SMILES string of the molecule is N=Cc1ccccc1.c1nn[nH]n1. The molecule has 0 aliphatic heterocycles. The van der Waals surface area contributed by atoms with Gasteiger partial charge in [0.05, 0.1) is 0 Å². The monoisotopic (exact) mass is 175 g/mol. The first-order valence-electron chi connectivity index (χ1n) is 3.65. The molecule has 5 nitrogen and oxygen atoms in total. The zero-order valence-corrected chi connectivity index (χ0v) is 6.88. The Morgan fingerprint density at radius 3 is 2.31 bits per heavy atom. The van der Waals surface area contributed by atoms with Crippen LogP contribution in [0.4, 0.5) is 0 Å². The fraction of sp³-hybridized carbons (Fsp3) is 0. The van der Waals surface area contributed by atoms with E-state index in [1.54, 1.807) is 0 Å². The van der Waals surface area contributed by atoms with Gasteiger partial charge in [-0.2, -0.15) is 5.21 Å². The summed E-state index contributed by atoms with van der Waals surface area (Å²) < 4.78 is 0. The van der Waals surface area contributed by atoms with Crippen molar-refractivity contribution >= 4 is 6.21 Å². The molecule has 2 N–H and O–H groups in total. The molecule has 2 aromatic rings. The second-order valence-corrected chi connectivity index (χ2v) is 2.12. The maximum atomic E-state index is 6.82. The molecule has 1 aromatic carbocycles. The number of rotatable bonds is 1. The van der Waals surface area contributed by atoms with Gasteiger partial charge in [0.1, 0.15) is 0 Å². The number of nitrogens with zero attached hydrogens (tertiary/aromatic N) is 3. The third-order valence-corrected chi connectivity index (χ3v) is 1.24. The second-order valence-electron chi connectivity index (χ2n) is 2.12. The standard InChI is InChI=1S/C7H7N.CH2N4/c8-6-7-4-2-1-3-5-7;1-2-4-5-3-1/h1-6,8H;1H,(H,2,3,4,5). The van der Waals surface area contributed by atoms with Gasteiger partial charge in [-0.25, -0.2) is 0 Å². The maximum absolute atomic E-state index is 6.82. The fourth-order valence-electron chi connectivity index (χ4n) is 0.678. The molecule has 2 rings (SSSR count). The predicted molar refractivity (Wildman–Crippen MR) is 48.5 cm³/mol. The van der Waals surface area contributed by atoms with Crippen molar-refractivity contribution in [2.45, 2.75) is 0 Å². The molecule has 0 radical (unpaired) electrons. The van der Waals surface area contributed by atoms with Crippen molar-refractivity contribution in [1.82, 2.24) is 20.6 Å². The number of aromatic amines is 1. The Bertz CT molecular complexity index is 298. The van der Waals surface area contributed by atoms with E-state index in [1.807, 2.05) is 30.3 Å². The Morgan fingerprint density at radius 1 is 1.23 bits per heavy atom. The van der Waals surface area contributed by atoms with Crippen LogP contribution in [0.5, 0.6) is 0 Å². The second kappa shape index (κ2) is 5.59. The van der Waals surface area contributed by atoms with Gasteiger partial charge >= 0.3 is 0 Å². The first-order valence-corrected chi connectivity index (χ1v) is 3.65. The first-order chi connectivity index (χ1) is 6.43. The molecule has 0 saturated heterocycles. The smallest absolute Gasteiger partial charge is 0.161 e. The molecule has 0 saturated carbocycles. The molecule has 0 aliphatic rings. The van der Waals surface area contributed by atoms with Crippen LogP contribution < -0.4 is 0 Å². The number of nitrogens with one attached hydrogen (secondary N) is 2. The van der Waals surface area contributed by atoms with E-state index < -0.39 is 0 Å². The molecule has 0 fully saturated rings. The van der Waals surface area contributed by atoms with E-state index in [1.165, 1.54) is 12.5 Å². The normalized spacial score (nSPS) is 8.31. The average Bonchev–Trinajstić information content (AvgIpc) is 2.77. The van der Waals surface area contributed by atoms with Gasteiger partial charge in [0.15, 0.2) is 6.33 Å². The lowest BCUT2D eigenvalue weighted by molar-refractivity contribution is 0.881. The predicted octanol–water partition coefficient (Wildman–Crippen LogP) is 0.884. The molecule has 0 spiro atoms. The molecule has 0 atom stereocenters. The van der Waals surface area contributed by atoms with Crippen LogP contribution in [0.25, 0.3) is 0 Å². The Balaban J connectivity index is 0.000000145. The van der Waals surface area contributed by atoms with E-state index in [2.05, 4.69) is 20.6 Å². The summed E-state index contributed by atoms with van der Waals surface area (Å²) in [6.45, 7) is 0. The number of benzene rings is 1. The van der Waals surface area contributed by atoms with Crippen LogP contribution in [0.15, 0.2) is 36.7 Å². The summed E-state index contributed by atoms with van der Waals surface area (Å²) in [5, 5.41) is 19.0. The number of hydrogen-bond donors (Lipinski definition) is 2. The quantitative estimate of drug-likeness (QED) is 0.631. The van der Waals surface area contributed by atoms with Crippen LogP contribution in [0, 0.1) is 5.41 Å². The number of hydrogen-bond acceptors (Lipinski definition) is 4. The largest absolute Gasteiger partial charge is 0.308 e. The molecular formula is C8H9N5. The molecule has 0 unspecified atom stereocenters. The highest BCUT2D eigenvalue weighted by atomic mass is 15.5. The van der Waals surface area contributed by atoms with E-state index in [0.717, 1.165) is 5.56 Å². The summed E-state index contributed by atoms with van der Waals surface area (Å²) in [5.41, 5.74) is 0.951. The topological polar surface area (TPSA) is 78.3 Å². The lowest BCUT2D eigenvalue weighted by Crippen LogP contribution is -1.73.